The Labute approximate surface area is 192 Å². The third-order valence-electron chi connectivity index (χ3n) is 4.30. The van der Waals surface area contributed by atoms with Gasteiger partial charge in [-0.25, -0.2) is 4.39 Å². The fourth-order valence-corrected chi connectivity index (χ4v) is 3.16. The summed E-state index contributed by atoms with van der Waals surface area (Å²) in [6, 6.07) is 9.51. The summed E-state index contributed by atoms with van der Waals surface area (Å²) in [5, 5.41) is 12.7. The highest BCUT2D eigenvalue weighted by atomic mass is 35.5. The minimum Gasteiger partial charge on any atom is -0.388 e. The van der Waals surface area contributed by atoms with Crippen LogP contribution in [0.4, 0.5) is 10.1 Å². The summed E-state index contributed by atoms with van der Waals surface area (Å²) < 4.78 is 14.2. The third kappa shape index (κ3) is 7.38. The number of carbonyl (C=O) groups is 1. The number of benzene rings is 2. The smallest absolute Gasteiger partial charge is 0.257 e. The lowest BCUT2D eigenvalue weighted by molar-refractivity contribution is 0.0975. The van der Waals surface area contributed by atoms with Gasteiger partial charge < -0.3 is 10.6 Å². The molecule has 2 aromatic carbocycles. The number of guanidine groups is 1. The highest BCUT2D eigenvalue weighted by molar-refractivity contribution is 6.31. The van der Waals surface area contributed by atoms with Gasteiger partial charge >= 0.3 is 0 Å². The van der Waals surface area contributed by atoms with Gasteiger partial charge in [0, 0.05) is 35.4 Å². The molecule has 0 heterocycles. The van der Waals surface area contributed by atoms with Gasteiger partial charge in [-0.05, 0) is 42.8 Å². The Balaban J connectivity index is 2.35. The summed E-state index contributed by atoms with van der Waals surface area (Å²) in [4.78, 5) is 17.3. The molecule has 0 aliphatic rings. The lowest BCUT2D eigenvalue weighted by atomic mass is 10.1. The Morgan fingerprint density at radius 2 is 1.94 bits per heavy atom. The van der Waals surface area contributed by atoms with Crippen LogP contribution in [0.3, 0.4) is 0 Å². The molecule has 0 saturated heterocycles. The number of hydrogen-bond acceptors (Lipinski definition) is 4. The monoisotopic (exact) mass is 467 g/mol. The molecule has 0 fully saturated rings. The Morgan fingerprint density at radius 3 is 2.55 bits per heavy atom. The molecule has 6 nitrogen and oxygen atoms in total. The first-order valence-corrected chi connectivity index (χ1v) is 10.8. The molecule has 0 bridgehead atoms. The number of nitrogens with one attached hydrogen (secondary N) is 4. The quantitative estimate of drug-likeness (QED) is 0.255. The van der Waals surface area contributed by atoms with Crippen LogP contribution in [0.1, 0.15) is 42.9 Å². The molecule has 2 aromatic rings. The van der Waals surface area contributed by atoms with Crippen molar-refractivity contribution in [1.82, 2.24) is 16.0 Å². The summed E-state index contributed by atoms with van der Waals surface area (Å²) in [6.45, 7) is 7.05. The first-order chi connectivity index (χ1) is 14.7. The third-order valence-corrected chi connectivity index (χ3v) is 4.82. The van der Waals surface area contributed by atoms with Crippen LogP contribution in [-0.2, 0) is 0 Å². The van der Waals surface area contributed by atoms with Gasteiger partial charge in [0.1, 0.15) is 12.0 Å². The van der Waals surface area contributed by atoms with E-state index in [2.05, 4.69) is 26.3 Å². The zero-order valence-electron chi connectivity index (χ0n) is 18.0. The average Bonchev–Trinajstić information content (AvgIpc) is 2.73. The minimum atomic E-state index is -0.538. The summed E-state index contributed by atoms with van der Waals surface area (Å²) in [5.74, 6) is -0.353. The van der Waals surface area contributed by atoms with Gasteiger partial charge in [-0.15, -0.1) is 0 Å². The second-order valence-electron chi connectivity index (χ2n) is 7.29. The molecule has 4 N–H and O–H groups in total. The molecule has 0 aliphatic carbocycles. The van der Waals surface area contributed by atoms with Crippen molar-refractivity contribution in [3.8, 4) is 0 Å². The maximum absolute atomic E-state index is 14.2. The highest BCUT2D eigenvalue weighted by Gasteiger charge is 2.20. The van der Waals surface area contributed by atoms with E-state index in [1.54, 1.807) is 31.3 Å². The molecule has 0 radical (unpaired) electrons. The number of hydrogen-bond donors (Lipinski definition) is 4. The van der Waals surface area contributed by atoms with Crippen LogP contribution >= 0.6 is 23.2 Å². The molecule has 9 heteroatoms. The van der Waals surface area contributed by atoms with E-state index in [1.807, 2.05) is 20.8 Å². The summed E-state index contributed by atoms with van der Waals surface area (Å²) in [5.41, 5.74) is 1.65. The lowest BCUT2D eigenvalue weighted by Crippen LogP contribution is -2.47. The van der Waals surface area contributed by atoms with Gasteiger partial charge in [-0.3, -0.25) is 20.4 Å². The number of aliphatic imine (C=N–C) groups is 1. The van der Waals surface area contributed by atoms with Crippen LogP contribution in [0.15, 0.2) is 41.4 Å². The van der Waals surface area contributed by atoms with Gasteiger partial charge in [0.25, 0.3) is 5.91 Å². The van der Waals surface area contributed by atoms with E-state index < -0.39 is 12.0 Å². The summed E-state index contributed by atoms with van der Waals surface area (Å²) >= 11 is 11.9. The van der Waals surface area contributed by atoms with E-state index >= 15 is 0 Å². The largest absolute Gasteiger partial charge is 0.388 e. The number of nitrogens with zero attached hydrogens (tertiary/aromatic N) is 1. The molecular formula is C22H28Cl2FN5O. The van der Waals surface area contributed by atoms with Crippen molar-refractivity contribution in [2.45, 2.75) is 26.9 Å². The molecular weight excluding hydrogens is 440 g/mol. The standard InChI is InChI=1S/C22H28Cl2FN5O/c1-5-27-20(16-10-18(25)17(24)11-19(16)26-4)29-22(28-12-13(2)3)30-21(31)14-7-6-8-15(23)9-14/h6-11,13,20,26-27H,5,12H2,1-4H3,(H2,28,29,30,31). The highest BCUT2D eigenvalue weighted by Crippen LogP contribution is 2.28. The van der Waals surface area contributed by atoms with Crippen molar-refractivity contribution < 1.29 is 9.18 Å². The Hall–Kier alpha value is -2.35. The molecule has 0 aromatic heterocycles. The van der Waals surface area contributed by atoms with E-state index in [1.165, 1.54) is 12.1 Å². The molecule has 1 amide bonds. The normalized spacial score (nSPS) is 12.6. The molecule has 168 valence electrons. The van der Waals surface area contributed by atoms with Crippen molar-refractivity contribution in [2.75, 3.05) is 25.5 Å². The van der Waals surface area contributed by atoms with Crippen molar-refractivity contribution >= 4 is 40.8 Å². The number of amides is 1. The minimum absolute atomic E-state index is 0.0197. The van der Waals surface area contributed by atoms with Crippen LogP contribution in [-0.4, -0.2) is 32.0 Å². The van der Waals surface area contributed by atoms with E-state index in [4.69, 9.17) is 23.2 Å². The number of anilines is 1. The van der Waals surface area contributed by atoms with Crippen LogP contribution in [0.25, 0.3) is 0 Å². The van der Waals surface area contributed by atoms with Gasteiger partial charge in [-0.1, -0.05) is 50.0 Å². The SMILES string of the molecule is CCNC(NC(=NCC(C)C)NC(=O)c1cccc(Cl)c1)c1cc(F)c(Cl)cc1NC. The predicted molar refractivity (Wildman–Crippen MR) is 127 cm³/mol. The van der Waals surface area contributed by atoms with E-state index in [0.717, 1.165) is 0 Å². The van der Waals surface area contributed by atoms with Crippen LogP contribution in [0.5, 0.6) is 0 Å². The lowest BCUT2D eigenvalue weighted by Gasteiger charge is -2.25. The van der Waals surface area contributed by atoms with Crippen molar-refractivity contribution in [3.63, 3.8) is 0 Å². The fourth-order valence-electron chi connectivity index (χ4n) is 2.80. The van der Waals surface area contributed by atoms with Crippen LogP contribution in [0.2, 0.25) is 10.0 Å². The average molecular weight is 468 g/mol. The van der Waals surface area contributed by atoms with E-state index in [0.29, 0.717) is 34.9 Å². The fraction of sp³-hybridized carbons (Fsp3) is 0.364. The maximum Gasteiger partial charge on any atom is 0.257 e. The Morgan fingerprint density at radius 1 is 1.19 bits per heavy atom. The maximum atomic E-state index is 14.2. The molecule has 31 heavy (non-hydrogen) atoms. The van der Waals surface area contributed by atoms with Gasteiger partial charge in [-0.2, -0.15) is 0 Å². The first-order valence-electron chi connectivity index (χ1n) is 10.0. The van der Waals surface area contributed by atoms with Crippen LogP contribution < -0.4 is 21.3 Å². The van der Waals surface area contributed by atoms with Crippen molar-refractivity contribution in [3.05, 3.63) is 63.4 Å². The number of carbonyl (C=O) groups excluding carboxylic acids is 1. The van der Waals surface area contributed by atoms with Crippen molar-refractivity contribution in [2.24, 2.45) is 10.9 Å². The second-order valence-corrected chi connectivity index (χ2v) is 8.13. The summed E-state index contributed by atoms with van der Waals surface area (Å²) in [7, 11) is 1.73. The molecule has 0 saturated carbocycles. The van der Waals surface area contributed by atoms with E-state index in [9.17, 15) is 9.18 Å². The Bertz CT molecular complexity index is 936. The predicted octanol–water partition coefficient (Wildman–Crippen LogP) is 4.81. The molecule has 0 spiro atoms. The molecule has 2 rings (SSSR count). The second kappa shape index (κ2) is 11.9. The topological polar surface area (TPSA) is 77.6 Å². The number of halogens is 3. The molecule has 1 unspecified atom stereocenters. The van der Waals surface area contributed by atoms with E-state index in [-0.39, 0.29) is 22.8 Å². The van der Waals surface area contributed by atoms with Gasteiger partial charge in [0.2, 0.25) is 0 Å². The van der Waals surface area contributed by atoms with Gasteiger partial charge in [0.05, 0.1) is 5.02 Å². The zero-order valence-corrected chi connectivity index (χ0v) is 19.5. The zero-order chi connectivity index (χ0) is 23.0. The van der Waals surface area contributed by atoms with Crippen molar-refractivity contribution in [1.29, 1.82) is 0 Å². The van der Waals surface area contributed by atoms with Gasteiger partial charge in [0.15, 0.2) is 5.96 Å². The Kier molecular flexibility index (Phi) is 9.55. The van der Waals surface area contributed by atoms with Crippen LogP contribution in [0, 0.1) is 11.7 Å². The first kappa shape index (κ1) is 24.9. The molecule has 1 atom stereocenters. The number of rotatable bonds is 8. The summed E-state index contributed by atoms with van der Waals surface area (Å²) in [6.07, 6.45) is -0.537. The molecule has 0 aliphatic heterocycles.